The lowest BCUT2D eigenvalue weighted by Crippen LogP contribution is -2.50. The van der Waals surface area contributed by atoms with Crippen molar-refractivity contribution in [1.29, 1.82) is 0 Å². The van der Waals surface area contributed by atoms with Crippen LogP contribution in [0, 0.1) is 0 Å². The van der Waals surface area contributed by atoms with Gasteiger partial charge in [0.15, 0.2) is 0 Å². The van der Waals surface area contributed by atoms with E-state index in [-0.39, 0.29) is 24.3 Å². The Morgan fingerprint density at radius 1 is 0.939 bits per heavy atom. The molecule has 176 valence electrons. The van der Waals surface area contributed by atoms with Gasteiger partial charge in [-0.25, -0.2) is 0 Å². The molecule has 4 N–H and O–H groups in total. The molecule has 0 bridgehead atoms. The van der Waals surface area contributed by atoms with Gasteiger partial charge in [-0.3, -0.25) is 14.4 Å². The Morgan fingerprint density at radius 2 is 1.67 bits per heavy atom. The highest BCUT2D eigenvalue weighted by Gasteiger charge is 2.29. The summed E-state index contributed by atoms with van der Waals surface area (Å²) < 4.78 is 0. The van der Waals surface area contributed by atoms with Gasteiger partial charge >= 0.3 is 0 Å². The third-order valence-corrected chi connectivity index (χ3v) is 5.88. The van der Waals surface area contributed by atoms with Gasteiger partial charge in [-0.2, -0.15) is 0 Å². The summed E-state index contributed by atoms with van der Waals surface area (Å²) in [5.41, 5.74) is 8.09. The number of nitrogens with one attached hydrogen (secondary N) is 2. The van der Waals surface area contributed by atoms with E-state index in [1.807, 2.05) is 42.5 Å². The first kappa shape index (κ1) is 24.5. The van der Waals surface area contributed by atoms with Gasteiger partial charge in [-0.1, -0.05) is 48.9 Å². The second-order valence-electron chi connectivity index (χ2n) is 8.42. The normalized spacial score (nSPS) is 16.2. The van der Waals surface area contributed by atoms with Gasteiger partial charge in [0.25, 0.3) is 5.91 Å². The van der Waals surface area contributed by atoms with Crippen molar-refractivity contribution >= 4 is 17.7 Å². The van der Waals surface area contributed by atoms with E-state index in [9.17, 15) is 14.4 Å². The van der Waals surface area contributed by atoms with E-state index in [0.717, 1.165) is 43.2 Å². The van der Waals surface area contributed by atoms with Crippen LogP contribution in [0.5, 0.6) is 0 Å². The van der Waals surface area contributed by atoms with Gasteiger partial charge < -0.3 is 21.3 Å². The quantitative estimate of drug-likeness (QED) is 0.484. The minimum absolute atomic E-state index is 0.0217. The molecular formula is C26H34N4O3. The molecule has 33 heavy (non-hydrogen) atoms. The molecule has 2 aromatic carbocycles. The van der Waals surface area contributed by atoms with Crippen LogP contribution in [0.15, 0.2) is 54.6 Å². The number of amides is 3. The summed E-state index contributed by atoms with van der Waals surface area (Å²) in [5, 5.41) is 5.75. The van der Waals surface area contributed by atoms with Crippen molar-refractivity contribution in [1.82, 2.24) is 15.5 Å². The Hall–Kier alpha value is -3.19. The van der Waals surface area contributed by atoms with E-state index < -0.39 is 6.04 Å². The lowest BCUT2D eigenvalue weighted by molar-refractivity contribution is -0.137. The first-order chi connectivity index (χ1) is 16.1. The van der Waals surface area contributed by atoms with Crippen molar-refractivity contribution in [3.05, 3.63) is 60.2 Å². The van der Waals surface area contributed by atoms with Crippen LogP contribution in [0.1, 0.15) is 48.9 Å². The van der Waals surface area contributed by atoms with E-state index >= 15 is 0 Å². The van der Waals surface area contributed by atoms with Crippen LogP contribution in [0.3, 0.4) is 0 Å². The molecule has 0 spiro atoms. The fourth-order valence-electron chi connectivity index (χ4n) is 3.99. The number of likely N-dealkylation sites (tertiary alicyclic amines) is 1. The van der Waals surface area contributed by atoms with Crippen LogP contribution in [-0.4, -0.2) is 54.8 Å². The van der Waals surface area contributed by atoms with Gasteiger partial charge in [0.2, 0.25) is 11.8 Å². The van der Waals surface area contributed by atoms with Gasteiger partial charge in [-0.15, -0.1) is 0 Å². The van der Waals surface area contributed by atoms with Gasteiger partial charge in [0, 0.05) is 18.7 Å². The number of carbonyl (C=O) groups excluding carboxylic acids is 3. The topological polar surface area (TPSA) is 105 Å². The zero-order valence-electron chi connectivity index (χ0n) is 19.1. The van der Waals surface area contributed by atoms with E-state index in [4.69, 9.17) is 5.73 Å². The molecule has 0 aliphatic carbocycles. The second kappa shape index (κ2) is 12.7. The van der Waals surface area contributed by atoms with E-state index in [0.29, 0.717) is 31.6 Å². The van der Waals surface area contributed by atoms with E-state index in [1.54, 1.807) is 17.0 Å². The monoisotopic (exact) mass is 450 g/mol. The molecule has 1 aliphatic rings. The zero-order chi connectivity index (χ0) is 23.5. The van der Waals surface area contributed by atoms with Crippen molar-refractivity contribution in [3.8, 4) is 11.1 Å². The van der Waals surface area contributed by atoms with Crippen LogP contribution >= 0.6 is 0 Å². The molecule has 0 saturated carbocycles. The maximum Gasteiger partial charge on any atom is 0.251 e. The Kier molecular flexibility index (Phi) is 9.44. The number of nitrogens with two attached hydrogens (primary N) is 1. The molecule has 1 heterocycles. The number of benzene rings is 2. The molecule has 7 nitrogen and oxygen atoms in total. The molecule has 1 aliphatic heterocycles. The summed E-state index contributed by atoms with van der Waals surface area (Å²) in [4.78, 5) is 39.7. The van der Waals surface area contributed by atoms with E-state index in [2.05, 4.69) is 10.6 Å². The molecule has 1 unspecified atom stereocenters. The number of nitrogens with zero attached hydrogens (tertiary/aromatic N) is 1. The fourth-order valence-corrected chi connectivity index (χ4v) is 3.99. The highest BCUT2D eigenvalue weighted by molar-refractivity contribution is 5.98. The third kappa shape index (κ3) is 7.43. The molecule has 1 saturated heterocycles. The predicted molar refractivity (Wildman–Crippen MR) is 129 cm³/mol. The molecule has 7 heteroatoms. The maximum atomic E-state index is 13.0. The average Bonchev–Trinajstić information content (AvgIpc) is 3.01. The Morgan fingerprint density at radius 3 is 2.39 bits per heavy atom. The molecule has 0 aromatic heterocycles. The smallest absolute Gasteiger partial charge is 0.251 e. The predicted octanol–water partition coefficient (Wildman–Crippen LogP) is 2.71. The number of rotatable bonds is 10. The first-order valence-corrected chi connectivity index (χ1v) is 11.8. The fraction of sp³-hybridized carbons (Fsp3) is 0.423. The van der Waals surface area contributed by atoms with Crippen LogP contribution in [0.4, 0.5) is 0 Å². The molecule has 1 atom stereocenters. The largest absolute Gasteiger partial charge is 0.355 e. The summed E-state index contributed by atoms with van der Waals surface area (Å²) >= 11 is 0. The number of carbonyl (C=O) groups is 3. The summed E-state index contributed by atoms with van der Waals surface area (Å²) in [6.45, 7) is 1.78. The highest BCUT2D eigenvalue weighted by Crippen LogP contribution is 2.19. The van der Waals surface area contributed by atoms with Gasteiger partial charge in [0.05, 0.1) is 6.54 Å². The summed E-state index contributed by atoms with van der Waals surface area (Å²) in [5.74, 6) is -0.640. The van der Waals surface area contributed by atoms with Crippen molar-refractivity contribution in [2.24, 2.45) is 5.73 Å². The number of unbranched alkanes of at least 4 members (excludes halogenated alkanes) is 2. The number of hydrogen-bond donors (Lipinski definition) is 3. The third-order valence-electron chi connectivity index (χ3n) is 5.88. The summed E-state index contributed by atoms with van der Waals surface area (Å²) in [7, 11) is 0. The summed E-state index contributed by atoms with van der Waals surface area (Å²) in [6.07, 6.45) is 4.99. The van der Waals surface area contributed by atoms with Crippen molar-refractivity contribution in [3.63, 3.8) is 0 Å². The zero-order valence-corrected chi connectivity index (χ0v) is 19.1. The Labute approximate surface area is 195 Å². The van der Waals surface area contributed by atoms with Gasteiger partial charge in [-0.05, 0) is 61.9 Å². The Bertz CT molecular complexity index is 915. The van der Waals surface area contributed by atoms with Gasteiger partial charge in [0.1, 0.15) is 6.04 Å². The average molecular weight is 451 g/mol. The SMILES string of the molecule is NCCCCCNC(=O)CN1CCCCC(NC(=O)c2ccc(-c3ccccc3)cc2)C1=O. The minimum atomic E-state index is -0.619. The highest BCUT2D eigenvalue weighted by atomic mass is 16.2. The van der Waals surface area contributed by atoms with Crippen LogP contribution in [0.25, 0.3) is 11.1 Å². The lowest BCUT2D eigenvalue weighted by Gasteiger charge is -2.24. The molecule has 0 radical (unpaired) electrons. The van der Waals surface area contributed by atoms with Crippen LogP contribution in [-0.2, 0) is 9.59 Å². The number of hydrogen-bond acceptors (Lipinski definition) is 4. The Balaban J connectivity index is 1.54. The second-order valence-corrected chi connectivity index (χ2v) is 8.42. The molecule has 1 fully saturated rings. The van der Waals surface area contributed by atoms with Crippen LogP contribution < -0.4 is 16.4 Å². The first-order valence-electron chi connectivity index (χ1n) is 11.8. The molecule has 3 rings (SSSR count). The van der Waals surface area contributed by atoms with Crippen molar-refractivity contribution < 1.29 is 14.4 Å². The maximum absolute atomic E-state index is 13.0. The lowest BCUT2D eigenvalue weighted by atomic mass is 10.0. The molecular weight excluding hydrogens is 416 g/mol. The van der Waals surface area contributed by atoms with E-state index in [1.165, 1.54) is 0 Å². The standard InChI is InChI=1S/C26H34N4O3/c27-16-6-2-7-17-28-24(31)19-30-18-8-5-11-23(26(30)33)29-25(32)22-14-12-21(13-15-22)20-9-3-1-4-10-20/h1,3-4,9-10,12-15,23H,2,5-8,11,16-19,27H2,(H,28,31)(H,29,32). The minimum Gasteiger partial charge on any atom is -0.355 e. The van der Waals surface area contributed by atoms with Crippen LogP contribution in [0.2, 0.25) is 0 Å². The van der Waals surface area contributed by atoms with Crippen molar-refractivity contribution in [2.75, 3.05) is 26.2 Å². The molecule has 2 aromatic rings. The molecule has 3 amide bonds. The van der Waals surface area contributed by atoms with Crippen molar-refractivity contribution in [2.45, 2.75) is 44.6 Å². The summed E-state index contributed by atoms with van der Waals surface area (Å²) in [6, 6.07) is 16.7.